The third-order valence-corrected chi connectivity index (χ3v) is 5.38. The van der Waals surface area contributed by atoms with Gasteiger partial charge < -0.3 is 4.57 Å². The number of thiocarbonyl (C=S) groups is 1. The number of aromatic nitrogens is 2. The third kappa shape index (κ3) is 4.55. The molecule has 1 aliphatic rings. The van der Waals surface area contributed by atoms with Gasteiger partial charge in [-0.05, 0) is 43.7 Å². The molecule has 0 spiro atoms. The lowest BCUT2D eigenvalue weighted by atomic mass is 9.76. The largest absolute Gasteiger partial charge is 0.300 e. The monoisotopic (exact) mass is 336 g/mol. The van der Waals surface area contributed by atoms with Crippen molar-refractivity contribution < 1.29 is 0 Å². The number of unbranched alkanes of at least 4 members (excludes halogenated alkanes) is 1. The molecule has 0 saturated heterocycles. The van der Waals surface area contributed by atoms with Crippen LogP contribution in [0.4, 0.5) is 0 Å². The summed E-state index contributed by atoms with van der Waals surface area (Å²) in [6.07, 6.45) is 14.1. The van der Waals surface area contributed by atoms with Crippen LogP contribution in [-0.4, -0.2) is 14.5 Å². The number of imidazole rings is 1. The molecule has 1 heterocycles. The zero-order chi connectivity index (χ0) is 16.6. The first-order valence-corrected chi connectivity index (χ1v) is 9.31. The van der Waals surface area contributed by atoms with Gasteiger partial charge in [0, 0.05) is 30.3 Å². The molecule has 1 saturated carbocycles. The van der Waals surface area contributed by atoms with E-state index in [1.54, 1.807) is 0 Å². The summed E-state index contributed by atoms with van der Waals surface area (Å²) in [7, 11) is 0. The van der Waals surface area contributed by atoms with Crippen LogP contribution < -0.4 is 0 Å². The molecule has 24 heavy (non-hydrogen) atoms. The topological polar surface area (TPSA) is 17.8 Å². The Hall–Kier alpha value is -1.92. The average molecular weight is 337 g/mol. The van der Waals surface area contributed by atoms with Gasteiger partial charge >= 0.3 is 0 Å². The standard InChI is InChI=1S/C21H24N2S/c24-21(23-16-15-22-17-23)20-14-8-7-13-19(20)12-6-2-5-11-18-9-3-1-4-10-18/h1,3-4,9-10,15-17,19-20H,2,6-8,12-14H2. The van der Waals surface area contributed by atoms with Crippen LogP contribution in [0.1, 0.15) is 50.5 Å². The summed E-state index contributed by atoms with van der Waals surface area (Å²) in [5, 5.41) is 0. The predicted octanol–water partition coefficient (Wildman–Crippen LogP) is 5.09. The molecule has 1 fully saturated rings. The van der Waals surface area contributed by atoms with Crippen LogP contribution >= 0.6 is 12.2 Å². The van der Waals surface area contributed by atoms with Crippen molar-refractivity contribution in [2.24, 2.45) is 11.8 Å². The summed E-state index contributed by atoms with van der Waals surface area (Å²) >= 11 is 5.73. The highest BCUT2D eigenvalue weighted by molar-refractivity contribution is 7.80. The van der Waals surface area contributed by atoms with Gasteiger partial charge in [-0.3, -0.25) is 0 Å². The molecule has 2 aromatic rings. The van der Waals surface area contributed by atoms with Gasteiger partial charge in [-0.25, -0.2) is 4.98 Å². The molecule has 0 radical (unpaired) electrons. The first-order valence-electron chi connectivity index (χ1n) is 8.90. The maximum atomic E-state index is 5.73. The minimum atomic E-state index is 0.519. The van der Waals surface area contributed by atoms with Crippen molar-refractivity contribution in [2.75, 3.05) is 0 Å². The summed E-state index contributed by atoms with van der Waals surface area (Å²) in [6, 6.07) is 10.2. The van der Waals surface area contributed by atoms with Crippen molar-refractivity contribution >= 4 is 17.2 Å². The Labute approximate surface area is 150 Å². The lowest BCUT2D eigenvalue weighted by molar-refractivity contribution is 0.279. The van der Waals surface area contributed by atoms with Gasteiger partial charge in [0.15, 0.2) is 0 Å². The number of rotatable bonds is 4. The van der Waals surface area contributed by atoms with E-state index in [1.807, 2.05) is 41.5 Å². The van der Waals surface area contributed by atoms with Gasteiger partial charge in [0.1, 0.15) is 0 Å². The molecule has 1 aromatic heterocycles. The lowest BCUT2D eigenvalue weighted by Crippen LogP contribution is -2.29. The highest BCUT2D eigenvalue weighted by Gasteiger charge is 2.28. The molecule has 2 nitrogen and oxygen atoms in total. The zero-order valence-electron chi connectivity index (χ0n) is 14.0. The summed E-state index contributed by atoms with van der Waals surface area (Å²) < 4.78 is 2.02. The Kier molecular flexibility index (Phi) is 6.20. The summed E-state index contributed by atoms with van der Waals surface area (Å²) in [5.41, 5.74) is 1.11. The van der Waals surface area contributed by atoms with Crippen LogP contribution in [0.15, 0.2) is 49.1 Å². The van der Waals surface area contributed by atoms with Crippen LogP contribution in [-0.2, 0) is 0 Å². The van der Waals surface area contributed by atoms with Gasteiger partial charge in [0.25, 0.3) is 0 Å². The summed E-state index contributed by atoms with van der Waals surface area (Å²) in [6.45, 7) is 0. The van der Waals surface area contributed by atoms with Crippen LogP contribution in [0.25, 0.3) is 0 Å². The van der Waals surface area contributed by atoms with Gasteiger partial charge in [-0.1, -0.05) is 55.1 Å². The minimum absolute atomic E-state index is 0.519. The first kappa shape index (κ1) is 16.9. The second kappa shape index (κ2) is 8.80. The zero-order valence-corrected chi connectivity index (χ0v) is 14.8. The number of benzene rings is 1. The Balaban J connectivity index is 1.51. The molecule has 0 aliphatic heterocycles. The molecule has 0 N–H and O–H groups in total. The Bertz CT molecular complexity index is 694. The van der Waals surface area contributed by atoms with Gasteiger partial charge in [-0.2, -0.15) is 0 Å². The first-order chi connectivity index (χ1) is 11.8. The SMILES string of the molecule is S=C(C1CCCCC1CCCC#Cc1ccccc1)n1ccnc1. The molecule has 0 amide bonds. The molecular formula is C21H24N2S. The maximum absolute atomic E-state index is 5.73. The fourth-order valence-corrected chi connectivity index (χ4v) is 4.02. The molecule has 1 aliphatic carbocycles. The van der Waals surface area contributed by atoms with E-state index in [4.69, 9.17) is 12.2 Å². The molecule has 3 heteroatoms. The van der Waals surface area contributed by atoms with E-state index in [0.29, 0.717) is 11.8 Å². The van der Waals surface area contributed by atoms with Crippen LogP contribution in [0.3, 0.4) is 0 Å². The third-order valence-electron chi connectivity index (χ3n) is 4.87. The summed E-state index contributed by atoms with van der Waals surface area (Å²) in [5.74, 6) is 7.79. The average Bonchev–Trinajstić information content (AvgIpc) is 3.17. The van der Waals surface area contributed by atoms with Crippen molar-refractivity contribution in [1.29, 1.82) is 0 Å². The highest BCUT2D eigenvalue weighted by Crippen LogP contribution is 2.35. The molecule has 3 rings (SSSR count). The van der Waals surface area contributed by atoms with Crippen molar-refractivity contribution in [3.05, 3.63) is 54.6 Å². The fraction of sp³-hybridized carbons (Fsp3) is 0.429. The normalized spacial score (nSPS) is 20.2. The second-order valence-electron chi connectivity index (χ2n) is 6.52. The molecule has 1 aromatic carbocycles. The van der Waals surface area contributed by atoms with Crippen LogP contribution in [0.2, 0.25) is 0 Å². The smallest absolute Gasteiger partial charge is 0.0995 e. The van der Waals surface area contributed by atoms with Gasteiger partial charge in [0.2, 0.25) is 0 Å². The van der Waals surface area contributed by atoms with E-state index < -0.39 is 0 Å². The number of hydrogen-bond acceptors (Lipinski definition) is 2. The Morgan fingerprint density at radius 3 is 2.83 bits per heavy atom. The summed E-state index contributed by atoms with van der Waals surface area (Å²) in [4.78, 5) is 5.18. The predicted molar refractivity (Wildman–Crippen MR) is 103 cm³/mol. The van der Waals surface area contributed by atoms with E-state index in [1.165, 1.54) is 32.1 Å². The van der Waals surface area contributed by atoms with Crippen molar-refractivity contribution in [3.63, 3.8) is 0 Å². The quantitative estimate of drug-likeness (QED) is 0.440. The molecule has 124 valence electrons. The fourth-order valence-electron chi connectivity index (χ4n) is 3.60. The van der Waals surface area contributed by atoms with Crippen LogP contribution in [0.5, 0.6) is 0 Å². The molecular weight excluding hydrogens is 312 g/mol. The van der Waals surface area contributed by atoms with E-state index in [-0.39, 0.29) is 0 Å². The van der Waals surface area contributed by atoms with Crippen molar-refractivity contribution in [3.8, 4) is 11.8 Å². The number of hydrogen-bond donors (Lipinski definition) is 0. The maximum Gasteiger partial charge on any atom is 0.0995 e. The molecule has 2 unspecified atom stereocenters. The molecule has 0 bridgehead atoms. The minimum Gasteiger partial charge on any atom is -0.300 e. The van der Waals surface area contributed by atoms with Gasteiger partial charge in [-0.15, -0.1) is 0 Å². The van der Waals surface area contributed by atoms with E-state index in [0.717, 1.165) is 23.4 Å². The second-order valence-corrected chi connectivity index (χ2v) is 6.94. The Morgan fingerprint density at radius 1 is 1.21 bits per heavy atom. The van der Waals surface area contributed by atoms with Crippen molar-refractivity contribution in [1.82, 2.24) is 9.55 Å². The van der Waals surface area contributed by atoms with Crippen LogP contribution in [0, 0.1) is 23.7 Å². The lowest BCUT2D eigenvalue weighted by Gasteiger charge is -2.32. The van der Waals surface area contributed by atoms with Gasteiger partial charge in [0.05, 0.1) is 11.3 Å². The Morgan fingerprint density at radius 2 is 2.04 bits per heavy atom. The molecule has 2 atom stereocenters. The van der Waals surface area contributed by atoms with E-state index in [2.05, 4.69) is 29.0 Å². The highest BCUT2D eigenvalue weighted by atomic mass is 32.1. The van der Waals surface area contributed by atoms with E-state index >= 15 is 0 Å². The number of nitrogens with zero attached hydrogens (tertiary/aromatic N) is 2. The van der Waals surface area contributed by atoms with E-state index in [9.17, 15) is 0 Å². The van der Waals surface area contributed by atoms with Crippen molar-refractivity contribution in [2.45, 2.75) is 44.9 Å².